The molecule has 1 saturated carbocycles. The lowest BCUT2D eigenvalue weighted by Gasteiger charge is -2.21. The van der Waals surface area contributed by atoms with Gasteiger partial charge >= 0.3 is 5.97 Å². The van der Waals surface area contributed by atoms with Crippen molar-refractivity contribution in [3.8, 4) is 0 Å². The zero-order chi connectivity index (χ0) is 15.2. The third-order valence-electron chi connectivity index (χ3n) is 4.08. The molecule has 0 aromatic carbocycles. The van der Waals surface area contributed by atoms with Gasteiger partial charge in [0.2, 0.25) is 10.0 Å². The highest BCUT2D eigenvalue weighted by atomic mass is 32.2. The van der Waals surface area contributed by atoms with Gasteiger partial charge in [0.15, 0.2) is 0 Å². The summed E-state index contributed by atoms with van der Waals surface area (Å²) in [5.41, 5.74) is 0.0344. The minimum atomic E-state index is -3.69. The summed E-state index contributed by atoms with van der Waals surface area (Å²) in [5, 5.41) is 9.22. The first-order chi connectivity index (χ1) is 9.91. The Hall–Kier alpha value is -1.38. The molecule has 1 saturated heterocycles. The maximum atomic E-state index is 12.6. The first-order valence-corrected chi connectivity index (χ1v) is 8.36. The molecule has 2 aliphatic rings. The Balaban J connectivity index is 1.94. The van der Waals surface area contributed by atoms with Crippen molar-refractivity contribution in [1.29, 1.82) is 0 Å². The second kappa shape index (κ2) is 5.11. The molecule has 2 fully saturated rings. The van der Waals surface area contributed by atoms with E-state index >= 15 is 0 Å². The van der Waals surface area contributed by atoms with E-state index in [1.165, 1.54) is 23.6 Å². The largest absolute Gasteiger partial charge is 0.477 e. The van der Waals surface area contributed by atoms with E-state index in [9.17, 15) is 18.3 Å². The Morgan fingerprint density at radius 3 is 2.67 bits per heavy atom. The number of hydrogen-bond donors (Lipinski definition) is 1. The van der Waals surface area contributed by atoms with Gasteiger partial charge in [0.1, 0.15) is 10.6 Å². The highest BCUT2D eigenvalue weighted by Crippen LogP contribution is 2.37. The van der Waals surface area contributed by atoms with Crippen molar-refractivity contribution in [3.63, 3.8) is 0 Å². The van der Waals surface area contributed by atoms with Gasteiger partial charge in [-0.15, -0.1) is 0 Å². The van der Waals surface area contributed by atoms with E-state index in [1.54, 1.807) is 4.57 Å². The molecule has 1 aromatic heterocycles. The smallest absolute Gasteiger partial charge is 0.352 e. The van der Waals surface area contributed by atoms with Gasteiger partial charge in [-0.25, -0.2) is 13.2 Å². The quantitative estimate of drug-likeness (QED) is 0.873. The summed E-state index contributed by atoms with van der Waals surface area (Å²) in [4.78, 5) is 11.3. The second-order valence-electron chi connectivity index (χ2n) is 5.54. The zero-order valence-electron chi connectivity index (χ0n) is 11.7. The highest BCUT2D eigenvalue weighted by molar-refractivity contribution is 7.89. The Kier molecular flexibility index (Phi) is 3.54. The summed E-state index contributed by atoms with van der Waals surface area (Å²) < 4.78 is 33.3. The van der Waals surface area contributed by atoms with Crippen LogP contribution in [0.25, 0.3) is 0 Å². The zero-order valence-corrected chi connectivity index (χ0v) is 12.5. The number of rotatable bonds is 5. The molecule has 1 unspecified atom stereocenters. The normalized spacial score (nSPS) is 22.9. The summed E-state index contributed by atoms with van der Waals surface area (Å²) in [6, 6.07) is 1.18. The van der Waals surface area contributed by atoms with E-state index in [0.717, 1.165) is 12.8 Å². The SMILES string of the molecule is CN(C1CCOC1)S(=O)(=O)c1cc(C(=O)O)n(C2CC2)c1. The predicted octanol–water partition coefficient (Wildman–Crippen LogP) is 0.931. The topological polar surface area (TPSA) is 88.8 Å². The number of hydrogen-bond acceptors (Lipinski definition) is 4. The Morgan fingerprint density at radius 2 is 2.14 bits per heavy atom. The Labute approximate surface area is 123 Å². The summed E-state index contributed by atoms with van der Waals surface area (Å²) in [6.07, 6.45) is 3.88. The molecule has 1 N–H and O–H groups in total. The fourth-order valence-corrected chi connectivity index (χ4v) is 3.99. The Morgan fingerprint density at radius 1 is 1.43 bits per heavy atom. The summed E-state index contributed by atoms with van der Waals surface area (Å²) in [5.74, 6) is -1.10. The van der Waals surface area contributed by atoms with Crippen molar-refractivity contribution in [3.05, 3.63) is 18.0 Å². The number of nitrogens with zero attached hydrogens (tertiary/aromatic N) is 2. The molecule has 1 atom stereocenters. The van der Waals surface area contributed by atoms with Crippen LogP contribution in [0.5, 0.6) is 0 Å². The van der Waals surface area contributed by atoms with Crippen LogP contribution >= 0.6 is 0 Å². The molecular formula is C13H18N2O5S. The third-order valence-corrected chi connectivity index (χ3v) is 5.96. The molecule has 0 radical (unpaired) electrons. The van der Waals surface area contributed by atoms with E-state index in [0.29, 0.717) is 19.6 Å². The number of aromatic carboxylic acids is 1. The van der Waals surface area contributed by atoms with Gasteiger partial charge in [-0.1, -0.05) is 0 Å². The summed E-state index contributed by atoms with van der Waals surface area (Å²) in [6.45, 7) is 0.929. The number of carboxylic acids is 1. The number of carbonyl (C=O) groups is 1. The molecule has 8 heteroatoms. The van der Waals surface area contributed by atoms with E-state index in [1.807, 2.05) is 0 Å². The van der Waals surface area contributed by atoms with E-state index in [4.69, 9.17) is 4.74 Å². The fourth-order valence-electron chi connectivity index (χ4n) is 2.59. The van der Waals surface area contributed by atoms with Crippen molar-refractivity contribution in [1.82, 2.24) is 8.87 Å². The lowest BCUT2D eigenvalue weighted by Crippen LogP contribution is -2.37. The van der Waals surface area contributed by atoms with Crippen molar-refractivity contribution in [2.24, 2.45) is 0 Å². The van der Waals surface area contributed by atoms with E-state index in [-0.39, 0.29) is 22.7 Å². The van der Waals surface area contributed by atoms with Crippen LogP contribution in [-0.2, 0) is 14.8 Å². The molecule has 7 nitrogen and oxygen atoms in total. The van der Waals surface area contributed by atoms with Crippen molar-refractivity contribution < 1.29 is 23.1 Å². The lowest BCUT2D eigenvalue weighted by atomic mass is 10.3. The number of aromatic nitrogens is 1. The molecule has 21 heavy (non-hydrogen) atoms. The van der Waals surface area contributed by atoms with Crippen LogP contribution in [0.1, 0.15) is 35.8 Å². The van der Waals surface area contributed by atoms with Gasteiger partial charge in [-0.05, 0) is 25.3 Å². The van der Waals surface area contributed by atoms with Crippen LogP contribution in [0, 0.1) is 0 Å². The number of ether oxygens (including phenoxy) is 1. The third kappa shape index (κ3) is 2.58. The molecule has 3 rings (SSSR count). The van der Waals surface area contributed by atoms with Crippen LogP contribution in [0.4, 0.5) is 0 Å². The Bertz CT molecular complexity index is 656. The van der Waals surface area contributed by atoms with Gasteiger partial charge in [0.25, 0.3) is 0 Å². The van der Waals surface area contributed by atoms with Gasteiger partial charge in [-0.2, -0.15) is 4.31 Å². The first kappa shape index (κ1) is 14.6. The van der Waals surface area contributed by atoms with Crippen LogP contribution < -0.4 is 0 Å². The average molecular weight is 314 g/mol. The molecular weight excluding hydrogens is 296 g/mol. The highest BCUT2D eigenvalue weighted by Gasteiger charge is 2.34. The molecule has 1 aliphatic heterocycles. The monoisotopic (exact) mass is 314 g/mol. The molecule has 116 valence electrons. The van der Waals surface area contributed by atoms with Crippen molar-refractivity contribution >= 4 is 16.0 Å². The summed E-state index contributed by atoms with van der Waals surface area (Å²) >= 11 is 0. The standard InChI is InChI=1S/C13H18N2O5S/c1-14(10-4-5-20-8-10)21(18,19)11-6-12(13(16)17)15(7-11)9-2-3-9/h6-7,9-10H,2-5,8H2,1H3,(H,16,17). The maximum absolute atomic E-state index is 12.6. The molecule has 1 aromatic rings. The van der Waals surface area contributed by atoms with Crippen LogP contribution in [-0.4, -0.2) is 54.7 Å². The summed E-state index contributed by atoms with van der Waals surface area (Å²) in [7, 11) is -2.18. The molecule has 1 aliphatic carbocycles. The molecule has 0 spiro atoms. The van der Waals surface area contributed by atoms with Gasteiger partial charge < -0.3 is 14.4 Å². The van der Waals surface area contributed by atoms with Crippen LogP contribution in [0.3, 0.4) is 0 Å². The van der Waals surface area contributed by atoms with Gasteiger partial charge in [-0.3, -0.25) is 0 Å². The maximum Gasteiger partial charge on any atom is 0.352 e. The molecule has 2 heterocycles. The van der Waals surface area contributed by atoms with E-state index < -0.39 is 16.0 Å². The first-order valence-electron chi connectivity index (χ1n) is 6.92. The van der Waals surface area contributed by atoms with Crippen molar-refractivity contribution in [2.45, 2.75) is 36.2 Å². The number of likely N-dealkylation sites (N-methyl/N-ethyl adjacent to an activating group) is 1. The average Bonchev–Trinajstić information content (AvgIpc) is 2.97. The van der Waals surface area contributed by atoms with Crippen molar-refractivity contribution in [2.75, 3.05) is 20.3 Å². The lowest BCUT2D eigenvalue weighted by molar-refractivity contribution is 0.0685. The minimum Gasteiger partial charge on any atom is -0.477 e. The second-order valence-corrected chi connectivity index (χ2v) is 7.54. The van der Waals surface area contributed by atoms with Crippen LogP contribution in [0.15, 0.2) is 17.2 Å². The van der Waals surface area contributed by atoms with Gasteiger partial charge in [0.05, 0.1) is 12.6 Å². The van der Waals surface area contributed by atoms with Gasteiger partial charge in [0, 0.05) is 25.9 Å². The minimum absolute atomic E-state index is 0.0344. The van der Waals surface area contributed by atoms with E-state index in [2.05, 4.69) is 0 Å². The number of sulfonamides is 1. The number of carboxylic acid groups (broad SMARTS) is 1. The predicted molar refractivity (Wildman–Crippen MR) is 73.8 cm³/mol. The van der Waals surface area contributed by atoms with Crippen LogP contribution in [0.2, 0.25) is 0 Å². The molecule has 0 bridgehead atoms. The molecule has 0 amide bonds. The fraction of sp³-hybridized carbons (Fsp3) is 0.615.